The predicted molar refractivity (Wildman–Crippen MR) is 67.5 cm³/mol. The van der Waals surface area contributed by atoms with Gasteiger partial charge in [0.2, 0.25) is 0 Å². The van der Waals surface area contributed by atoms with E-state index in [0.29, 0.717) is 12.6 Å². The first-order chi connectivity index (χ1) is 6.88. The van der Waals surface area contributed by atoms with Gasteiger partial charge in [0.25, 0.3) is 0 Å². The maximum atomic E-state index is 5.60. The molecule has 1 aromatic rings. The minimum atomic E-state index is 0. The summed E-state index contributed by atoms with van der Waals surface area (Å²) in [5.74, 6) is 0. The Hall–Kier alpha value is -0.730. The Balaban J connectivity index is 0.00000112. The van der Waals surface area contributed by atoms with Crippen molar-refractivity contribution in [2.24, 2.45) is 5.73 Å². The molecule has 0 spiro atoms. The van der Waals surface area contributed by atoms with E-state index in [2.05, 4.69) is 29.6 Å². The predicted octanol–water partition coefficient (Wildman–Crippen LogP) is 2.92. The number of hydrogen-bond donors (Lipinski definition) is 2. The molecular formula is C12H19ClN2. The van der Waals surface area contributed by atoms with Crippen molar-refractivity contribution in [1.29, 1.82) is 0 Å². The zero-order valence-electron chi connectivity index (χ0n) is 8.91. The van der Waals surface area contributed by atoms with Crippen molar-refractivity contribution in [3.8, 4) is 0 Å². The first-order valence-corrected chi connectivity index (χ1v) is 5.44. The fraction of sp³-hybridized carbons (Fsp3) is 0.500. The lowest BCUT2D eigenvalue weighted by molar-refractivity contribution is 0.755. The topological polar surface area (TPSA) is 38.0 Å². The molecule has 0 aliphatic heterocycles. The van der Waals surface area contributed by atoms with E-state index in [4.69, 9.17) is 5.73 Å². The molecule has 0 saturated heterocycles. The average molecular weight is 227 g/mol. The Morgan fingerprint density at radius 3 is 2.67 bits per heavy atom. The third-order valence-electron chi connectivity index (χ3n) is 2.89. The van der Waals surface area contributed by atoms with Crippen molar-refractivity contribution in [2.75, 3.05) is 5.32 Å². The Kier molecular flexibility index (Phi) is 4.92. The van der Waals surface area contributed by atoms with E-state index >= 15 is 0 Å². The molecule has 3 N–H and O–H groups in total. The fourth-order valence-corrected chi connectivity index (χ4v) is 2.09. The van der Waals surface area contributed by atoms with E-state index in [-0.39, 0.29) is 12.4 Å². The van der Waals surface area contributed by atoms with Gasteiger partial charge in [-0.15, -0.1) is 12.4 Å². The second-order valence-corrected chi connectivity index (χ2v) is 4.03. The molecule has 1 aliphatic rings. The lowest BCUT2D eigenvalue weighted by Crippen LogP contribution is -2.14. The number of anilines is 1. The van der Waals surface area contributed by atoms with Crippen LogP contribution in [0.1, 0.15) is 31.2 Å². The lowest BCUT2D eigenvalue weighted by atomic mass is 10.1. The molecule has 2 rings (SSSR count). The van der Waals surface area contributed by atoms with Crippen molar-refractivity contribution >= 4 is 18.1 Å². The van der Waals surface area contributed by atoms with Crippen LogP contribution in [0.2, 0.25) is 0 Å². The van der Waals surface area contributed by atoms with Gasteiger partial charge in [-0.2, -0.15) is 0 Å². The third-order valence-corrected chi connectivity index (χ3v) is 2.89. The van der Waals surface area contributed by atoms with Crippen LogP contribution in [-0.4, -0.2) is 6.04 Å². The highest BCUT2D eigenvalue weighted by molar-refractivity contribution is 5.85. The smallest absolute Gasteiger partial charge is 0.0345 e. The number of benzene rings is 1. The molecule has 0 unspecified atom stereocenters. The van der Waals surface area contributed by atoms with E-state index in [9.17, 15) is 0 Å². The summed E-state index contributed by atoms with van der Waals surface area (Å²) in [7, 11) is 0. The second-order valence-electron chi connectivity index (χ2n) is 4.03. The lowest BCUT2D eigenvalue weighted by Gasteiger charge is -2.13. The SMILES string of the molecule is Cl.NCc1cccc(NC2CCCC2)c1. The van der Waals surface area contributed by atoms with Gasteiger partial charge in [0.1, 0.15) is 0 Å². The zero-order valence-corrected chi connectivity index (χ0v) is 9.72. The van der Waals surface area contributed by atoms with Crippen molar-refractivity contribution in [2.45, 2.75) is 38.3 Å². The minimum Gasteiger partial charge on any atom is -0.382 e. The van der Waals surface area contributed by atoms with Gasteiger partial charge < -0.3 is 11.1 Å². The quantitative estimate of drug-likeness (QED) is 0.832. The molecule has 0 heterocycles. The van der Waals surface area contributed by atoms with E-state index in [1.54, 1.807) is 0 Å². The summed E-state index contributed by atoms with van der Waals surface area (Å²) in [5, 5.41) is 3.56. The fourth-order valence-electron chi connectivity index (χ4n) is 2.09. The number of rotatable bonds is 3. The normalized spacial score (nSPS) is 16.1. The summed E-state index contributed by atoms with van der Waals surface area (Å²) in [6.07, 6.45) is 5.36. The number of nitrogens with one attached hydrogen (secondary N) is 1. The molecule has 1 saturated carbocycles. The maximum absolute atomic E-state index is 5.60. The summed E-state index contributed by atoms with van der Waals surface area (Å²) >= 11 is 0. The minimum absolute atomic E-state index is 0. The van der Waals surface area contributed by atoms with Gasteiger partial charge in [-0.05, 0) is 30.5 Å². The molecule has 1 fully saturated rings. The van der Waals surface area contributed by atoms with Crippen LogP contribution in [0.25, 0.3) is 0 Å². The molecule has 84 valence electrons. The second kappa shape index (κ2) is 5.99. The largest absolute Gasteiger partial charge is 0.382 e. The molecule has 1 aliphatic carbocycles. The summed E-state index contributed by atoms with van der Waals surface area (Å²) in [6, 6.07) is 9.10. The molecule has 0 aromatic heterocycles. The highest BCUT2D eigenvalue weighted by Gasteiger charge is 2.13. The molecule has 2 nitrogen and oxygen atoms in total. The Bertz CT molecular complexity index is 295. The van der Waals surface area contributed by atoms with Crippen molar-refractivity contribution < 1.29 is 0 Å². The number of halogens is 1. The van der Waals surface area contributed by atoms with Gasteiger partial charge in [0.15, 0.2) is 0 Å². The number of hydrogen-bond acceptors (Lipinski definition) is 2. The van der Waals surface area contributed by atoms with Gasteiger partial charge in [-0.1, -0.05) is 25.0 Å². The zero-order chi connectivity index (χ0) is 9.80. The maximum Gasteiger partial charge on any atom is 0.0345 e. The van der Waals surface area contributed by atoms with Crippen LogP contribution < -0.4 is 11.1 Å². The van der Waals surface area contributed by atoms with Gasteiger partial charge >= 0.3 is 0 Å². The summed E-state index contributed by atoms with van der Waals surface area (Å²) in [6.45, 7) is 0.625. The van der Waals surface area contributed by atoms with E-state index in [1.165, 1.54) is 36.9 Å². The average Bonchev–Trinajstić information content (AvgIpc) is 2.71. The third kappa shape index (κ3) is 3.40. The van der Waals surface area contributed by atoms with Crippen LogP contribution in [0.4, 0.5) is 5.69 Å². The Morgan fingerprint density at radius 2 is 2.00 bits per heavy atom. The highest BCUT2D eigenvalue weighted by Crippen LogP contribution is 2.22. The van der Waals surface area contributed by atoms with Gasteiger partial charge in [0.05, 0.1) is 0 Å². The molecule has 15 heavy (non-hydrogen) atoms. The van der Waals surface area contributed by atoms with Gasteiger partial charge in [-0.3, -0.25) is 0 Å². The molecule has 0 bridgehead atoms. The Morgan fingerprint density at radius 1 is 1.27 bits per heavy atom. The van der Waals surface area contributed by atoms with Crippen molar-refractivity contribution in [3.63, 3.8) is 0 Å². The first kappa shape index (κ1) is 12.3. The van der Waals surface area contributed by atoms with Crippen LogP contribution in [0.15, 0.2) is 24.3 Å². The summed E-state index contributed by atoms with van der Waals surface area (Å²) < 4.78 is 0. The van der Waals surface area contributed by atoms with Crippen LogP contribution in [0.5, 0.6) is 0 Å². The molecule has 1 aromatic carbocycles. The molecule has 0 radical (unpaired) electrons. The highest BCUT2D eigenvalue weighted by atomic mass is 35.5. The van der Waals surface area contributed by atoms with E-state index < -0.39 is 0 Å². The summed E-state index contributed by atoms with van der Waals surface area (Å²) in [5.41, 5.74) is 8.02. The van der Waals surface area contributed by atoms with Crippen LogP contribution in [0.3, 0.4) is 0 Å². The monoisotopic (exact) mass is 226 g/mol. The molecule has 0 amide bonds. The molecule has 3 heteroatoms. The van der Waals surface area contributed by atoms with Gasteiger partial charge in [0, 0.05) is 18.3 Å². The van der Waals surface area contributed by atoms with Gasteiger partial charge in [-0.25, -0.2) is 0 Å². The standard InChI is InChI=1S/C12H18N2.ClH/c13-9-10-4-3-7-12(8-10)14-11-5-1-2-6-11;/h3-4,7-8,11,14H,1-2,5-6,9,13H2;1H. The molecule has 0 atom stereocenters. The van der Waals surface area contributed by atoms with E-state index in [1.807, 2.05) is 0 Å². The van der Waals surface area contributed by atoms with Crippen LogP contribution >= 0.6 is 12.4 Å². The Labute approximate surface area is 97.7 Å². The van der Waals surface area contributed by atoms with Crippen LogP contribution in [-0.2, 0) is 6.54 Å². The first-order valence-electron chi connectivity index (χ1n) is 5.44. The summed E-state index contributed by atoms with van der Waals surface area (Å²) in [4.78, 5) is 0. The molecular weight excluding hydrogens is 208 g/mol. The van der Waals surface area contributed by atoms with Crippen molar-refractivity contribution in [3.05, 3.63) is 29.8 Å². The van der Waals surface area contributed by atoms with Crippen LogP contribution in [0, 0.1) is 0 Å². The van der Waals surface area contributed by atoms with E-state index in [0.717, 1.165) is 0 Å². The van der Waals surface area contributed by atoms with Crippen molar-refractivity contribution in [1.82, 2.24) is 0 Å². The number of nitrogens with two attached hydrogens (primary N) is 1.